The summed E-state index contributed by atoms with van der Waals surface area (Å²) in [5, 5.41) is 4.43. The van der Waals surface area contributed by atoms with E-state index in [1.165, 1.54) is 4.90 Å². The zero-order valence-electron chi connectivity index (χ0n) is 15.4. The average molecular weight is 416 g/mol. The average Bonchev–Trinajstić information content (AvgIpc) is 3.04. The summed E-state index contributed by atoms with van der Waals surface area (Å²) in [7, 11) is 0. The van der Waals surface area contributed by atoms with Gasteiger partial charge in [-0.1, -0.05) is 11.6 Å². The van der Waals surface area contributed by atoms with Crippen LogP contribution in [0.25, 0.3) is 5.69 Å². The maximum atomic E-state index is 13.0. The van der Waals surface area contributed by atoms with Gasteiger partial charge in [-0.25, -0.2) is 4.68 Å². The second-order valence-electron chi connectivity index (χ2n) is 6.71. The maximum absolute atomic E-state index is 13.0. The number of carbonyl (C=O) groups is 1. The number of anilines is 1. The van der Waals surface area contributed by atoms with Crippen LogP contribution in [0.1, 0.15) is 19.8 Å². The minimum atomic E-state index is -4.22. The number of carbonyl (C=O) groups excluding carboxylic acids is 1. The van der Waals surface area contributed by atoms with Crippen LogP contribution in [0.4, 0.5) is 18.9 Å². The van der Waals surface area contributed by atoms with Crippen LogP contribution in [0.2, 0.25) is 5.15 Å². The highest BCUT2D eigenvalue weighted by atomic mass is 35.5. The molecule has 28 heavy (non-hydrogen) atoms. The number of hydrogen-bond donors (Lipinski definition) is 0. The van der Waals surface area contributed by atoms with E-state index in [1.54, 1.807) is 34.2 Å². The van der Waals surface area contributed by atoms with E-state index in [0.717, 1.165) is 0 Å². The first-order valence-electron chi connectivity index (χ1n) is 9.04. The highest BCUT2D eigenvalue weighted by molar-refractivity contribution is 6.32. The van der Waals surface area contributed by atoms with E-state index in [-0.39, 0.29) is 30.1 Å². The molecule has 6 nitrogen and oxygen atoms in total. The molecule has 1 aliphatic heterocycles. The van der Waals surface area contributed by atoms with E-state index >= 15 is 0 Å². The minimum absolute atomic E-state index is 0.137. The Morgan fingerprint density at radius 2 is 2.07 bits per heavy atom. The van der Waals surface area contributed by atoms with Gasteiger partial charge < -0.3 is 4.90 Å². The fraction of sp³-hybridized carbons (Fsp3) is 0.500. The summed E-state index contributed by atoms with van der Waals surface area (Å²) >= 11 is 6.27. The van der Waals surface area contributed by atoms with Crippen molar-refractivity contribution in [3.63, 3.8) is 0 Å². The molecule has 3 rings (SSSR count). The van der Waals surface area contributed by atoms with Crippen molar-refractivity contribution in [3.05, 3.63) is 35.9 Å². The SMILES string of the molecule is CCN(C(=O)C1CCN(CC(F)(F)F)CC1)c1cn(-c2cccnc2)nc1Cl. The number of halogens is 4. The number of likely N-dealkylation sites (tertiary alicyclic amines) is 1. The lowest BCUT2D eigenvalue weighted by atomic mass is 9.95. The first kappa shape index (κ1) is 20.6. The molecule has 1 fully saturated rings. The molecule has 0 unspecified atom stereocenters. The Labute approximate surface area is 165 Å². The third-order valence-corrected chi connectivity index (χ3v) is 5.04. The Balaban J connectivity index is 1.70. The monoisotopic (exact) mass is 415 g/mol. The maximum Gasteiger partial charge on any atom is 0.401 e. The molecule has 0 aliphatic carbocycles. The number of aromatic nitrogens is 3. The fourth-order valence-corrected chi connectivity index (χ4v) is 3.64. The number of hydrogen-bond acceptors (Lipinski definition) is 4. The molecule has 2 aromatic heterocycles. The molecular formula is C18H21ClF3N5O. The second-order valence-corrected chi connectivity index (χ2v) is 7.07. The lowest BCUT2D eigenvalue weighted by molar-refractivity contribution is -0.149. The molecule has 152 valence electrons. The predicted octanol–water partition coefficient (Wildman–Crippen LogP) is 3.55. The largest absolute Gasteiger partial charge is 0.401 e. The lowest BCUT2D eigenvalue weighted by Crippen LogP contribution is -2.45. The van der Waals surface area contributed by atoms with Gasteiger partial charge in [0.2, 0.25) is 5.91 Å². The van der Waals surface area contributed by atoms with Gasteiger partial charge in [-0.3, -0.25) is 14.7 Å². The van der Waals surface area contributed by atoms with Gasteiger partial charge in [-0.05, 0) is 45.0 Å². The molecule has 0 bridgehead atoms. The summed E-state index contributed by atoms with van der Waals surface area (Å²) in [6.07, 6.45) is 1.49. The van der Waals surface area contributed by atoms with E-state index in [1.807, 2.05) is 13.0 Å². The number of rotatable bonds is 5. The zero-order chi connectivity index (χ0) is 20.3. The summed E-state index contributed by atoms with van der Waals surface area (Å²) in [5.41, 5.74) is 1.19. The summed E-state index contributed by atoms with van der Waals surface area (Å²) in [4.78, 5) is 19.9. The Hall–Kier alpha value is -2.13. The normalized spacial score (nSPS) is 16.3. The van der Waals surface area contributed by atoms with Gasteiger partial charge in [-0.2, -0.15) is 18.3 Å². The van der Waals surface area contributed by atoms with E-state index in [0.29, 0.717) is 30.8 Å². The van der Waals surface area contributed by atoms with Crippen LogP contribution in [-0.4, -0.2) is 57.9 Å². The van der Waals surface area contributed by atoms with Crippen LogP contribution in [0, 0.1) is 5.92 Å². The Kier molecular flexibility index (Phi) is 6.24. The summed E-state index contributed by atoms with van der Waals surface area (Å²) < 4.78 is 39.2. The van der Waals surface area contributed by atoms with Crippen LogP contribution in [0.5, 0.6) is 0 Å². The molecule has 0 radical (unpaired) electrons. The predicted molar refractivity (Wildman–Crippen MR) is 99.6 cm³/mol. The van der Waals surface area contributed by atoms with Crippen molar-refractivity contribution in [1.82, 2.24) is 19.7 Å². The topological polar surface area (TPSA) is 54.3 Å². The number of amides is 1. The van der Waals surface area contributed by atoms with Crippen molar-refractivity contribution >= 4 is 23.2 Å². The van der Waals surface area contributed by atoms with Crippen LogP contribution < -0.4 is 4.90 Å². The smallest absolute Gasteiger partial charge is 0.308 e. The van der Waals surface area contributed by atoms with E-state index in [4.69, 9.17) is 11.6 Å². The molecule has 0 aromatic carbocycles. The molecule has 2 aromatic rings. The van der Waals surface area contributed by atoms with E-state index in [9.17, 15) is 18.0 Å². The second kappa shape index (κ2) is 8.48. The highest BCUT2D eigenvalue weighted by Gasteiger charge is 2.35. The van der Waals surface area contributed by atoms with Crippen molar-refractivity contribution in [1.29, 1.82) is 0 Å². The number of piperidine rings is 1. The van der Waals surface area contributed by atoms with Gasteiger partial charge in [0.1, 0.15) is 5.69 Å². The number of alkyl halides is 3. The zero-order valence-corrected chi connectivity index (χ0v) is 16.1. The van der Waals surface area contributed by atoms with Crippen LogP contribution in [0.15, 0.2) is 30.7 Å². The molecule has 1 saturated heterocycles. The number of pyridine rings is 1. The Morgan fingerprint density at radius 3 is 2.64 bits per heavy atom. The summed E-state index contributed by atoms with van der Waals surface area (Å²) in [6.45, 7) is 1.77. The first-order chi connectivity index (χ1) is 13.3. The molecule has 10 heteroatoms. The molecule has 3 heterocycles. The quantitative estimate of drug-likeness (QED) is 0.749. The van der Waals surface area contributed by atoms with Gasteiger partial charge in [-0.15, -0.1) is 0 Å². The molecule has 1 aliphatic rings. The molecule has 0 saturated carbocycles. The summed E-state index contributed by atoms with van der Waals surface area (Å²) in [6, 6.07) is 3.58. The van der Waals surface area contributed by atoms with Crippen LogP contribution in [-0.2, 0) is 4.79 Å². The van der Waals surface area contributed by atoms with Gasteiger partial charge in [0.15, 0.2) is 5.15 Å². The van der Waals surface area contributed by atoms with Crippen molar-refractivity contribution in [2.45, 2.75) is 25.9 Å². The van der Waals surface area contributed by atoms with Crippen LogP contribution >= 0.6 is 11.6 Å². The molecule has 1 amide bonds. The van der Waals surface area contributed by atoms with Crippen LogP contribution in [0.3, 0.4) is 0 Å². The fourth-order valence-electron chi connectivity index (χ4n) is 3.40. The third-order valence-electron chi connectivity index (χ3n) is 4.77. The van der Waals surface area contributed by atoms with Gasteiger partial charge in [0, 0.05) is 18.7 Å². The lowest BCUT2D eigenvalue weighted by Gasteiger charge is -2.34. The minimum Gasteiger partial charge on any atom is -0.308 e. The molecule has 0 atom stereocenters. The highest BCUT2D eigenvalue weighted by Crippen LogP contribution is 2.30. The molecular weight excluding hydrogens is 395 g/mol. The van der Waals surface area contributed by atoms with Crippen molar-refractivity contribution < 1.29 is 18.0 Å². The van der Waals surface area contributed by atoms with Crippen molar-refractivity contribution in [3.8, 4) is 5.69 Å². The Morgan fingerprint density at radius 1 is 1.36 bits per heavy atom. The molecule has 0 N–H and O–H groups in total. The van der Waals surface area contributed by atoms with Crippen molar-refractivity contribution in [2.24, 2.45) is 5.92 Å². The van der Waals surface area contributed by atoms with Gasteiger partial charge in [0.25, 0.3) is 0 Å². The third kappa shape index (κ3) is 4.82. The van der Waals surface area contributed by atoms with E-state index in [2.05, 4.69) is 10.1 Å². The first-order valence-corrected chi connectivity index (χ1v) is 9.42. The standard InChI is InChI=1S/C18H21ClF3N5O/c1-2-26(15-11-27(24-16(15)19)14-4-3-7-23-10-14)17(28)13-5-8-25(9-6-13)12-18(20,21)22/h3-4,7,10-11,13H,2,5-6,8-9,12H2,1H3. The molecule has 0 spiro atoms. The van der Waals surface area contributed by atoms with Crippen molar-refractivity contribution in [2.75, 3.05) is 31.1 Å². The number of nitrogens with zero attached hydrogens (tertiary/aromatic N) is 5. The summed E-state index contributed by atoms with van der Waals surface area (Å²) in [5.74, 6) is -0.468. The van der Waals surface area contributed by atoms with E-state index < -0.39 is 12.7 Å². The van der Waals surface area contributed by atoms with Gasteiger partial charge in [0.05, 0.1) is 24.6 Å². The van der Waals surface area contributed by atoms with Gasteiger partial charge >= 0.3 is 6.18 Å². The Bertz CT molecular complexity index is 803.